The summed E-state index contributed by atoms with van der Waals surface area (Å²) in [4.78, 5) is 2.48. The lowest BCUT2D eigenvalue weighted by atomic mass is 10.4. The van der Waals surface area contributed by atoms with E-state index in [1.807, 2.05) is 0 Å². The minimum atomic E-state index is -0.728. The Hall–Kier alpha value is 0.177. The van der Waals surface area contributed by atoms with Gasteiger partial charge in [0.1, 0.15) is 0 Å². The van der Waals surface area contributed by atoms with Gasteiger partial charge in [0.2, 0.25) is 0 Å². The maximum absolute atomic E-state index is 2.49. The summed E-state index contributed by atoms with van der Waals surface area (Å²) in [5, 5.41) is 0. The molecule has 0 unspecified atom stereocenters. The summed E-state index contributed by atoms with van der Waals surface area (Å²) in [6, 6.07) is 1.54. The molecule has 0 aromatic carbocycles. The molecule has 1 rings (SSSR count). The van der Waals surface area contributed by atoms with Gasteiger partial charge in [0, 0.05) is 0 Å². The minimum absolute atomic E-state index is 0.728. The molecule has 9 heavy (non-hydrogen) atoms. The van der Waals surface area contributed by atoms with Crippen molar-refractivity contribution in [1.29, 1.82) is 0 Å². The van der Waals surface area contributed by atoms with Gasteiger partial charge in [-0.15, -0.1) is 0 Å². The van der Waals surface area contributed by atoms with Gasteiger partial charge in [-0.25, -0.2) is 0 Å². The standard InChI is InChI=1S/C7H17NSi/c1-8-5-4-6-9(2,3)7-8/h4-7H2,1-3H3. The first kappa shape index (κ1) is 7.29. The second-order valence-electron chi connectivity index (χ2n) is 4.01. The van der Waals surface area contributed by atoms with E-state index in [0.717, 1.165) is 0 Å². The second-order valence-corrected chi connectivity index (χ2v) is 9.15. The maximum Gasteiger partial charge on any atom is 0.0630 e. The van der Waals surface area contributed by atoms with Gasteiger partial charge in [-0.1, -0.05) is 19.1 Å². The van der Waals surface area contributed by atoms with Gasteiger partial charge in [-0.05, 0) is 26.2 Å². The number of hydrogen-bond acceptors (Lipinski definition) is 1. The van der Waals surface area contributed by atoms with Gasteiger partial charge in [0.15, 0.2) is 0 Å². The maximum atomic E-state index is 2.49. The summed E-state index contributed by atoms with van der Waals surface area (Å²) in [7, 11) is 1.52. The molecule has 1 aliphatic heterocycles. The van der Waals surface area contributed by atoms with Crippen molar-refractivity contribution in [2.45, 2.75) is 25.6 Å². The number of rotatable bonds is 0. The van der Waals surface area contributed by atoms with E-state index in [1.165, 1.54) is 25.2 Å². The van der Waals surface area contributed by atoms with Crippen molar-refractivity contribution in [2.24, 2.45) is 0 Å². The fourth-order valence-electron chi connectivity index (χ4n) is 1.72. The molecule has 0 spiro atoms. The van der Waals surface area contributed by atoms with Crippen LogP contribution in [0.1, 0.15) is 6.42 Å². The number of hydrogen-bond donors (Lipinski definition) is 0. The van der Waals surface area contributed by atoms with E-state index < -0.39 is 8.07 Å². The van der Waals surface area contributed by atoms with Gasteiger partial charge in [0.05, 0.1) is 8.07 Å². The van der Waals surface area contributed by atoms with Crippen LogP contribution in [0.4, 0.5) is 0 Å². The Morgan fingerprint density at radius 2 is 2.00 bits per heavy atom. The third kappa shape index (κ3) is 2.10. The molecule has 0 saturated carbocycles. The highest BCUT2D eigenvalue weighted by Crippen LogP contribution is 2.18. The topological polar surface area (TPSA) is 3.24 Å². The second kappa shape index (κ2) is 2.43. The Morgan fingerprint density at radius 1 is 1.33 bits per heavy atom. The van der Waals surface area contributed by atoms with Gasteiger partial charge in [0.25, 0.3) is 0 Å². The molecule has 0 amide bonds. The predicted molar refractivity (Wildman–Crippen MR) is 44.4 cm³/mol. The Balaban J connectivity index is 2.41. The Bertz CT molecular complexity index is 101. The first-order valence-corrected chi connectivity index (χ1v) is 7.20. The summed E-state index contributed by atoms with van der Waals surface area (Å²) in [6.45, 7) is 6.31. The fourth-order valence-corrected chi connectivity index (χ4v) is 4.61. The SMILES string of the molecule is CN1CCC[Si](C)(C)C1. The van der Waals surface area contributed by atoms with E-state index in [9.17, 15) is 0 Å². The molecule has 1 saturated heterocycles. The highest BCUT2D eigenvalue weighted by atomic mass is 28.3. The van der Waals surface area contributed by atoms with E-state index in [0.29, 0.717) is 0 Å². The fraction of sp³-hybridized carbons (Fsp3) is 1.00. The first-order chi connectivity index (χ1) is 4.10. The molecule has 0 radical (unpaired) electrons. The minimum Gasteiger partial charge on any atom is -0.309 e. The first-order valence-electron chi connectivity index (χ1n) is 3.79. The molecule has 1 fully saturated rings. The molecule has 1 aliphatic rings. The van der Waals surface area contributed by atoms with Crippen molar-refractivity contribution in [3.05, 3.63) is 0 Å². The molecule has 1 nitrogen and oxygen atoms in total. The monoisotopic (exact) mass is 143 g/mol. The van der Waals surface area contributed by atoms with Crippen molar-refractivity contribution >= 4 is 8.07 Å². The summed E-state index contributed by atoms with van der Waals surface area (Å²) >= 11 is 0. The average molecular weight is 143 g/mol. The van der Waals surface area contributed by atoms with Gasteiger partial charge in [-0.2, -0.15) is 0 Å². The molecule has 0 N–H and O–H groups in total. The van der Waals surface area contributed by atoms with E-state index in [-0.39, 0.29) is 0 Å². The highest BCUT2D eigenvalue weighted by molar-refractivity contribution is 6.77. The lowest BCUT2D eigenvalue weighted by Gasteiger charge is -2.34. The molecular weight excluding hydrogens is 126 g/mol. The van der Waals surface area contributed by atoms with Crippen molar-refractivity contribution in [3.8, 4) is 0 Å². The summed E-state index contributed by atoms with van der Waals surface area (Å²) in [5.74, 6) is 0. The van der Waals surface area contributed by atoms with Gasteiger partial charge in [-0.3, -0.25) is 0 Å². The van der Waals surface area contributed by atoms with Crippen LogP contribution in [0.5, 0.6) is 0 Å². The predicted octanol–water partition coefficient (Wildman–Crippen LogP) is 1.57. The Morgan fingerprint density at radius 3 is 2.33 bits per heavy atom. The third-order valence-corrected chi connectivity index (χ3v) is 5.19. The lowest BCUT2D eigenvalue weighted by molar-refractivity contribution is 0.363. The summed E-state index contributed by atoms with van der Waals surface area (Å²) in [6.07, 6.45) is 2.85. The van der Waals surface area contributed by atoms with Gasteiger partial charge < -0.3 is 4.90 Å². The molecule has 2 heteroatoms. The van der Waals surface area contributed by atoms with Crippen LogP contribution in [-0.4, -0.2) is 32.7 Å². The molecule has 1 heterocycles. The van der Waals surface area contributed by atoms with Crippen LogP contribution in [0.3, 0.4) is 0 Å². The van der Waals surface area contributed by atoms with Crippen LogP contribution >= 0.6 is 0 Å². The largest absolute Gasteiger partial charge is 0.309 e. The zero-order valence-electron chi connectivity index (χ0n) is 6.78. The van der Waals surface area contributed by atoms with Crippen molar-refractivity contribution in [1.82, 2.24) is 4.90 Å². The smallest absolute Gasteiger partial charge is 0.0630 e. The van der Waals surface area contributed by atoms with E-state index in [1.54, 1.807) is 0 Å². The molecule has 0 aliphatic carbocycles. The van der Waals surface area contributed by atoms with Crippen LogP contribution in [0.15, 0.2) is 0 Å². The lowest BCUT2D eigenvalue weighted by Crippen LogP contribution is -2.45. The number of nitrogens with zero attached hydrogens (tertiary/aromatic N) is 1. The van der Waals surface area contributed by atoms with Crippen LogP contribution in [0, 0.1) is 0 Å². The van der Waals surface area contributed by atoms with Crippen molar-refractivity contribution in [2.75, 3.05) is 19.8 Å². The van der Waals surface area contributed by atoms with Crippen LogP contribution in [0.2, 0.25) is 19.1 Å². The quantitative estimate of drug-likeness (QED) is 0.465. The van der Waals surface area contributed by atoms with Crippen molar-refractivity contribution in [3.63, 3.8) is 0 Å². The van der Waals surface area contributed by atoms with Crippen molar-refractivity contribution < 1.29 is 0 Å². The molecular formula is C7H17NSi. The third-order valence-electron chi connectivity index (χ3n) is 2.09. The van der Waals surface area contributed by atoms with Crippen LogP contribution in [0.25, 0.3) is 0 Å². The Labute approximate surface area is 59.1 Å². The molecule has 0 aromatic rings. The average Bonchev–Trinajstić information content (AvgIpc) is 1.60. The molecule has 0 aromatic heterocycles. The van der Waals surface area contributed by atoms with Gasteiger partial charge >= 0.3 is 0 Å². The van der Waals surface area contributed by atoms with Crippen LogP contribution < -0.4 is 0 Å². The normalized spacial score (nSPS) is 28.3. The summed E-state index contributed by atoms with van der Waals surface area (Å²) in [5.41, 5.74) is 0. The zero-order chi connectivity index (χ0) is 6.91. The molecule has 0 atom stereocenters. The zero-order valence-corrected chi connectivity index (χ0v) is 7.78. The molecule has 54 valence electrons. The van der Waals surface area contributed by atoms with E-state index in [4.69, 9.17) is 0 Å². The molecule has 0 bridgehead atoms. The van der Waals surface area contributed by atoms with E-state index in [2.05, 4.69) is 25.0 Å². The van der Waals surface area contributed by atoms with Crippen LogP contribution in [-0.2, 0) is 0 Å². The highest BCUT2D eigenvalue weighted by Gasteiger charge is 2.25. The van der Waals surface area contributed by atoms with E-state index >= 15 is 0 Å². The Kier molecular flexibility index (Phi) is 1.96. The summed E-state index contributed by atoms with van der Waals surface area (Å²) < 4.78 is 0.